The molecule has 0 bridgehead atoms. The van der Waals surface area contributed by atoms with Crippen molar-refractivity contribution in [2.24, 2.45) is 0 Å². The first kappa shape index (κ1) is 29.7. The van der Waals surface area contributed by atoms with Crippen LogP contribution in [0.5, 0.6) is 0 Å². The van der Waals surface area contributed by atoms with E-state index >= 15 is 0 Å². The third-order valence-corrected chi connectivity index (χ3v) is 7.16. The summed E-state index contributed by atoms with van der Waals surface area (Å²) in [6, 6.07) is 7.02. The van der Waals surface area contributed by atoms with Crippen LogP contribution in [0.2, 0.25) is 0 Å². The van der Waals surface area contributed by atoms with Crippen LogP contribution in [0.3, 0.4) is 0 Å². The van der Waals surface area contributed by atoms with Crippen LogP contribution in [0.25, 0.3) is 0 Å². The lowest BCUT2D eigenvalue weighted by atomic mass is 9.81. The van der Waals surface area contributed by atoms with Crippen molar-refractivity contribution in [2.75, 3.05) is 0 Å². The first-order valence-electron chi connectivity index (χ1n) is 13.9. The Bertz CT molecular complexity index is 1170. The summed E-state index contributed by atoms with van der Waals surface area (Å²) < 4.78 is 11.6. The Morgan fingerprint density at radius 1 is 0.675 bits per heavy atom. The van der Waals surface area contributed by atoms with Crippen molar-refractivity contribution in [3.63, 3.8) is 0 Å². The van der Waals surface area contributed by atoms with E-state index in [4.69, 9.17) is 9.47 Å². The molecule has 2 aliphatic rings. The fourth-order valence-corrected chi connectivity index (χ4v) is 6.38. The highest BCUT2D eigenvalue weighted by molar-refractivity contribution is 5.89. The Balaban J connectivity index is 1.33. The highest BCUT2D eigenvalue weighted by Gasteiger charge is 2.40. The van der Waals surface area contributed by atoms with Crippen LogP contribution in [0.4, 0.5) is 0 Å². The smallest absolute Gasteiger partial charge is 0.376 e. The molecule has 40 heavy (non-hydrogen) atoms. The quantitative estimate of drug-likeness (QED) is 0.416. The van der Waals surface area contributed by atoms with Gasteiger partial charge in [0.2, 0.25) is 5.82 Å². The second kappa shape index (κ2) is 10.9. The number of carbonyl (C=O) groups excluding carboxylic acids is 2. The van der Waals surface area contributed by atoms with E-state index < -0.39 is 5.97 Å². The van der Waals surface area contributed by atoms with Gasteiger partial charge in [0.15, 0.2) is 0 Å². The van der Waals surface area contributed by atoms with Gasteiger partial charge in [-0.2, -0.15) is 0 Å². The Hall–Kier alpha value is -3.28. The molecule has 2 aliphatic heterocycles. The molecule has 0 saturated carbocycles. The number of carbonyl (C=O) groups is 2. The molecule has 0 amide bonds. The Labute approximate surface area is 238 Å². The van der Waals surface area contributed by atoms with Gasteiger partial charge in [-0.15, -0.1) is 0 Å². The van der Waals surface area contributed by atoms with Crippen LogP contribution >= 0.6 is 0 Å². The van der Waals surface area contributed by atoms with Crippen molar-refractivity contribution >= 4 is 11.9 Å². The molecule has 2 saturated heterocycles. The second-order valence-electron chi connectivity index (χ2n) is 13.8. The molecule has 8 heteroatoms. The lowest BCUT2D eigenvalue weighted by molar-refractivity contribution is -0.00829. The SMILES string of the molecule is CC1(C)CC(OC(=O)c2ccc(C#Cc3cnc(C(=O)OC4CC(C)(C)NC(C)(C)C4)nc3)cc2)CC(C)(C)N1. The van der Waals surface area contributed by atoms with E-state index in [9.17, 15) is 9.59 Å². The molecule has 2 N–H and O–H groups in total. The van der Waals surface area contributed by atoms with Gasteiger partial charge in [-0.1, -0.05) is 11.8 Å². The van der Waals surface area contributed by atoms with Crippen molar-refractivity contribution in [1.29, 1.82) is 0 Å². The fraction of sp³-hybridized carbons (Fsp3) is 0.562. The zero-order valence-corrected chi connectivity index (χ0v) is 25.0. The van der Waals surface area contributed by atoms with Crippen molar-refractivity contribution in [2.45, 2.75) is 115 Å². The van der Waals surface area contributed by atoms with Crippen molar-refractivity contribution < 1.29 is 19.1 Å². The minimum absolute atomic E-state index is 0.0167. The van der Waals surface area contributed by atoms with E-state index in [1.165, 1.54) is 12.4 Å². The van der Waals surface area contributed by atoms with E-state index in [2.05, 4.69) is 87.8 Å². The van der Waals surface area contributed by atoms with Crippen LogP contribution in [0.15, 0.2) is 36.7 Å². The van der Waals surface area contributed by atoms with Crippen LogP contribution in [-0.2, 0) is 9.47 Å². The average Bonchev–Trinajstić information content (AvgIpc) is 2.79. The highest BCUT2D eigenvalue weighted by Crippen LogP contribution is 2.32. The molecular formula is C32H42N4O4. The molecule has 0 spiro atoms. The average molecular weight is 547 g/mol. The third-order valence-electron chi connectivity index (χ3n) is 7.16. The third kappa shape index (κ3) is 8.12. The van der Waals surface area contributed by atoms with Gasteiger partial charge in [0.25, 0.3) is 0 Å². The predicted octanol–water partition coefficient (Wildman–Crippen LogP) is 4.81. The summed E-state index contributed by atoms with van der Waals surface area (Å²) in [5.74, 6) is 5.21. The zero-order chi connectivity index (χ0) is 29.3. The molecule has 3 heterocycles. The number of esters is 2. The molecular weight excluding hydrogens is 504 g/mol. The molecule has 8 nitrogen and oxygen atoms in total. The molecule has 2 fully saturated rings. The number of hydrogen-bond acceptors (Lipinski definition) is 8. The molecule has 0 atom stereocenters. The summed E-state index contributed by atoms with van der Waals surface area (Å²) >= 11 is 0. The summed E-state index contributed by atoms with van der Waals surface area (Å²) in [5.41, 5.74) is 1.33. The first-order valence-corrected chi connectivity index (χ1v) is 13.9. The van der Waals surface area contributed by atoms with Crippen LogP contribution < -0.4 is 10.6 Å². The monoisotopic (exact) mass is 546 g/mol. The Kier molecular flexibility index (Phi) is 8.13. The fourth-order valence-electron chi connectivity index (χ4n) is 6.38. The number of nitrogens with one attached hydrogen (secondary N) is 2. The maximum atomic E-state index is 12.8. The Morgan fingerprint density at radius 2 is 1.07 bits per heavy atom. The van der Waals surface area contributed by atoms with Crippen LogP contribution in [0, 0.1) is 11.8 Å². The van der Waals surface area contributed by atoms with Gasteiger partial charge in [-0.3, -0.25) is 0 Å². The lowest BCUT2D eigenvalue weighted by Gasteiger charge is -2.45. The molecule has 214 valence electrons. The summed E-state index contributed by atoms with van der Waals surface area (Å²) in [6.07, 6.45) is 5.64. The minimum atomic E-state index is -0.530. The van der Waals surface area contributed by atoms with Crippen LogP contribution in [0.1, 0.15) is 113 Å². The number of nitrogens with zero attached hydrogens (tertiary/aromatic N) is 2. The van der Waals surface area contributed by atoms with E-state index in [-0.39, 0.29) is 46.2 Å². The van der Waals surface area contributed by atoms with Crippen molar-refractivity contribution in [1.82, 2.24) is 20.6 Å². The number of benzene rings is 1. The number of aromatic nitrogens is 2. The van der Waals surface area contributed by atoms with Gasteiger partial charge in [0.05, 0.1) is 11.1 Å². The maximum absolute atomic E-state index is 12.8. The van der Waals surface area contributed by atoms with E-state index in [1.54, 1.807) is 24.3 Å². The number of rotatable bonds is 4. The van der Waals surface area contributed by atoms with Gasteiger partial charge in [0, 0.05) is 65.8 Å². The molecule has 0 radical (unpaired) electrons. The molecule has 2 aromatic rings. The molecule has 1 aromatic heterocycles. The van der Waals surface area contributed by atoms with Crippen LogP contribution in [-0.4, -0.2) is 56.3 Å². The summed E-state index contributed by atoms with van der Waals surface area (Å²) in [5, 5.41) is 7.18. The van der Waals surface area contributed by atoms with Gasteiger partial charge in [-0.25, -0.2) is 19.6 Å². The van der Waals surface area contributed by atoms with E-state index in [0.29, 0.717) is 11.1 Å². The second-order valence-corrected chi connectivity index (χ2v) is 13.8. The molecule has 4 rings (SSSR count). The number of hydrogen-bond donors (Lipinski definition) is 2. The minimum Gasteiger partial charge on any atom is -0.459 e. The van der Waals surface area contributed by atoms with Gasteiger partial charge >= 0.3 is 11.9 Å². The van der Waals surface area contributed by atoms with E-state index in [0.717, 1.165) is 31.2 Å². The molecule has 1 aromatic carbocycles. The zero-order valence-electron chi connectivity index (χ0n) is 25.0. The maximum Gasteiger partial charge on any atom is 0.376 e. The summed E-state index contributed by atoms with van der Waals surface area (Å²) in [4.78, 5) is 33.8. The topological polar surface area (TPSA) is 102 Å². The van der Waals surface area contributed by atoms with Crippen molar-refractivity contribution in [3.05, 3.63) is 59.2 Å². The first-order chi connectivity index (χ1) is 18.5. The van der Waals surface area contributed by atoms with E-state index in [1.807, 2.05) is 0 Å². The highest BCUT2D eigenvalue weighted by atomic mass is 16.5. The number of ether oxygens (including phenoxy) is 2. The summed E-state index contributed by atoms with van der Waals surface area (Å²) in [7, 11) is 0. The van der Waals surface area contributed by atoms with Crippen molar-refractivity contribution in [3.8, 4) is 11.8 Å². The lowest BCUT2D eigenvalue weighted by Crippen LogP contribution is -2.59. The largest absolute Gasteiger partial charge is 0.459 e. The van der Waals surface area contributed by atoms with Gasteiger partial charge in [0.1, 0.15) is 12.2 Å². The summed E-state index contributed by atoms with van der Waals surface area (Å²) in [6.45, 7) is 16.9. The number of piperidine rings is 2. The molecule has 0 unspecified atom stereocenters. The normalized spacial score (nSPS) is 21.5. The van der Waals surface area contributed by atoms with Gasteiger partial charge < -0.3 is 20.1 Å². The van der Waals surface area contributed by atoms with Gasteiger partial charge in [-0.05, 0) is 79.7 Å². The standard InChI is InChI=1S/C32H42N4O4/c1-29(2)15-24(16-30(3,4)35-29)39-27(37)23-13-11-21(12-14-23)9-10-22-19-33-26(34-20-22)28(38)40-25-17-31(5,6)36-32(7,8)18-25/h11-14,19-20,24-25,35-36H,15-18H2,1-8H3. The molecule has 0 aliphatic carbocycles. The Morgan fingerprint density at radius 3 is 1.52 bits per heavy atom. The predicted molar refractivity (Wildman–Crippen MR) is 154 cm³/mol.